The summed E-state index contributed by atoms with van der Waals surface area (Å²) in [5.74, 6) is 0.759. The molecule has 0 amide bonds. The molecule has 2 heteroatoms. The van der Waals surface area contributed by atoms with Crippen LogP contribution in [0.3, 0.4) is 0 Å². The van der Waals surface area contributed by atoms with Crippen molar-refractivity contribution < 1.29 is 0 Å². The van der Waals surface area contributed by atoms with E-state index in [4.69, 9.17) is 0 Å². The topological polar surface area (TPSA) is 24.4 Å². The van der Waals surface area contributed by atoms with E-state index in [0.717, 1.165) is 28.4 Å². The summed E-state index contributed by atoms with van der Waals surface area (Å²) in [4.78, 5) is 4.69. The van der Waals surface area contributed by atoms with Gasteiger partial charge in [0.1, 0.15) is 5.84 Å². The molecule has 0 spiro atoms. The molecule has 1 rings (SSSR count). The number of benzene rings is 1. The van der Waals surface area contributed by atoms with Gasteiger partial charge in [-0.3, -0.25) is 0 Å². The van der Waals surface area contributed by atoms with Gasteiger partial charge >= 0.3 is 0 Å². The zero-order valence-corrected chi connectivity index (χ0v) is 13.4. The summed E-state index contributed by atoms with van der Waals surface area (Å²) in [7, 11) is 0. The molecule has 1 N–H and O–H groups in total. The maximum absolute atomic E-state index is 4.69. The minimum absolute atomic E-state index is 0.759. The van der Waals surface area contributed by atoms with Gasteiger partial charge in [-0.2, -0.15) is 0 Å². The van der Waals surface area contributed by atoms with Gasteiger partial charge in [-0.15, -0.1) is 0 Å². The first kappa shape index (κ1) is 16.7. The third-order valence-corrected chi connectivity index (χ3v) is 2.95. The van der Waals surface area contributed by atoms with Crippen LogP contribution in [0, 0.1) is 6.92 Å². The summed E-state index contributed by atoms with van der Waals surface area (Å²) >= 11 is 0. The van der Waals surface area contributed by atoms with E-state index in [1.807, 2.05) is 51.1 Å². The molecule has 0 atom stereocenters. The number of nitrogens with zero attached hydrogens (tertiary/aromatic N) is 1. The van der Waals surface area contributed by atoms with Crippen LogP contribution in [-0.2, 0) is 0 Å². The normalized spacial score (nSPS) is 13.0. The first-order valence-electron chi connectivity index (χ1n) is 7.02. The second kappa shape index (κ2) is 8.05. The van der Waals surface area contributed by atoms with E-state index in [1.54, 1.807) is 0 Å². The van der Waals surface area contributed by atoms with Crippen molar-refractivity contribution in [2.45, 2.75) is 27.7 Å². The number of rotatable bonds is 5. The summed E-state index contributed by atoms with van der Waals surface area (Å²) < 4.78 is 0. The molecule has 0 aromatic heterocycles. The molecule has 110 valence electrons. The number of anilines is 1. The van der Waals surface area contributed by atoms with Gasteiger partial charge in [0.25, 0.3) is 0 Å². The largest absolute Gasteiger partial charge is 0.340 e. The predicted molar refractivity (Wildman–Crippen MR) is 94.8 cm³/mol. The molecule has 21 heavy (non-hydrogen) atoms. The van der Waals surface area contributed by atoms with E-state index in [2.05, 4.69) is 42.5 Å². The molecule has 0 aliphatic carbocycles. The summed E-state index contributed by atoms with van der Waals surface area (Å²) in [6.07, 6.45) is 5.74. The average Bonchev–Trinajstić information content (AvgIpc) is 2.45. The second-order valence-electron chi connectivity index (χ2n) is 5.01. The fourth-order valence-electron chi connectivity index (χ4n) is 1.73. The average molecular weight is 280 g/mol. The smallest absolute Gasteiger partial charge is 0.133 e. The van der Waals surface area contributed by atoms with Gasteiger partial charge in [-0.1, -0.05) is 37.4 Å². The summed E-state index contributed by atoms with van der Waals surface area (Å²) in [5, 5.41) is 3.34. The Morgan fingerprint density at radius 2 is 2.00 bits per heavy atom. The van der Waals surface area contributed by atoms with E-state index < -0.39 is 0 Å². The van der Waals surface area contributed by atoms with Crippen LogP contribution in [0.25, 0.3) is 0 Å². The molecule has 0 bridgehead atoms. The molecule has 0 fully saturated rings. The van der Waals surface area contributed by atoms with Crippen molar-refractivity contribution in [3.05, 3.63) is 78.1 Å². The van der Waals surface area contributed by atoms with Gasteiger partial charge in [-0.25, -0.2) is 4.99 Å². The maximum atomic E-state index is 4.69. The number of hydrogen-bond acceptors (Lipinski definition) is 1. The fourth-order valence-corrected chi connectivity index (χ4v) is 1.73. The number of aryl methyl sites for hydroxylation is 1. The summed E-state index contributed by atoms with van der Waals surface area (Å²) in [6, 6.07) is 8.18. The highest BCUT2D eigenvalue weighted by atomic mass is 15.0. The highest BCUT2D eigenvalue weighted by Crippen LogP contribution is 2.15. The molecule has 0 unspecified atom stereocenters. The van der Waals surface area contributed by atoms with Crippen molar-refractivity contribution in [1.29, 1.82) is 0 Å². The summed E-state index contributed by atoms with van der Waals surface area (Å²) in [6.45, 7) is 15.8. The minimum atomic E-state index is 0.759. The monoisotopic (exact) mass is 280 g/mol. The number of hydrogen-bond donors (Lipinski definition) is 1. The minimum Gasteiger partial charge on any atom is -0.340 e. The Morgan fingerprint density at radius 3 is 2.52 bits per heavy atom. The van der Waals surface area contributed by atoms with Crippen LogP contribution in [0.4, 0.5) is 5.69 Å². The van der Waals surface area contributed by atoms with Crippen LogP contribution in [0.1, 0.15) is 26.3 Å². The van der Waals surface area contributed by atoms with Crippen LogP contribution in [0.15, 0.2) is 77.5 Å². The van der Waals surface area contributed by atoms with Gasteiger partial charge in [0.15, 0.2) is 0 Å². The molecule has 1 aromatic carbocycles. The highest BCUT2D eigenvalue weighted by molar-refractivity contribution is 6.07. The lowest BCUT2D eigenvalue weighted by Crippen LogP contribution is -2.13. The Hall–Kier alpha value is -2.35. The fraction of sp³-hybridized carbons (Fsp3) is 0.211. The number of allylic oxidation sites excluding steroid dienone is 4. The molecule has 0 saturated carbocycles. The molecule has 0 heterocycles. The molecule has 0 saturated heterocycles. The molecular weight excluding hydrogens is 256 g/mol. The highest BCUT2D eigenvalue weighted by Gasteiger charge is 2.04. The van der Waals surface area contributed by atoms with Gasteiger partial charge < -0.3 is 5.32 Å². The van der Waals surface area contributed by atoms with E-state index in [1.165, 1.54) is 5.56 Å². The Morgan fingerprint density at radius 1 is 1.29 bits per heavy atom. The molecule has 1 aromatic rings. The van der Waals surface area contributed by atoms with Crippen LogP contribution < -0.4 is 5.32 Å². The van der Waals surface area contributed by atoms with Crippen molar-refractivity contribution in [2.24, 2.45) is 4.99 Å². The van der Waals surface area contributed by atoms with E-state index in [-0.39, 0.29) is 0 Å². The van der Waals surface area contributed by atoms with E-state index >= 15 is 0 Å². The SMILES string of the molecule is C=C/C(C)=C(\C=C/C)N=C(Nc1cccc(C)c1)C(=C)C. The van der Waals surface area contributed by atoms with E-state index in [9.17, 15) is 0 Å². The number of nitrogens with one attached hydrogen (secondary N) is 1. The molecule has 2 nitrogen and oxygen atoms in total. The standard InChI is InChI=1S/C19H24N2/c1-7-10-18(16(6)8-2)21-19(14(3)4)20-17-12-9-11-15(5)13-17/h7-13H,2-3H2,1,4-6H3,(H,20,21)/b10-7-,18-16+. The van der Waals surface area contributed by atoms with Crippen LogP contribution in [-0.4, -0.2) is 5.84 Å². The van der Waals surface area contributed by atoms with Crippen molar-refractivity contribution in [3.63, 3.8) is 0 Å². The zero-order valence-electron chi connectivity index (χ0n) is 13.4. The van der Waals surface area contributed by atoms with Gasteiger partial charge in [0, 0.05) is 5.69 Å². The number of amidine groups is 1. The lowest BCUT2D eigenvalue weighted by atomic mass is 10.2. The van der Waals surface area contributed by atoms with E-state index in [0.29, 0.717) is 0 Å². The van der Waals surface area contributed by atoms with Crippen molar-refractivity contribution >= 4 is 11.5 Å². The van der Waals surface area contributed by atoms with Crippen molar-refractivity contribution in [1.82, 2.24) is 0 Å². The van der Waals surface area contributed by atoms with Gasteiger partial charge in [0.05, 0.1) is 5.70 Å². The van der Waals surface area contributed by atoms with Crippen LogP contribution in [0.2, 0.25) is 0 Å². The summed E-state index contributed by atoms with van der Waals surface area (Å²) in [5.41, 5.74) is 5.00. The van der Waals surface area contributed by atoms with Crippen molar-refractivity contribution in [3.8, 4) is 0 Å². The molecule has 0 aliphatic heterocycles. The zero-order chi connectivity index (χ0) is 15.8. The van der Waals surface area contributed by atoms with Crippen molar-refractivity contribution in [2.75, 3.05) is 5.32 Å². The first-order valence-corrected chi connectivity index (χ1v) is 7.02. The third kappa shape index (κ3) is 5.27. The Balaban J connectivity index is 3.20. The second-order valence-corrected chi connectivity index (χ2v) is 5.01. The third-order valence-electron chi connectivity index (χ3n) is 2.95. The van der Waals surface area contributed by atoms with Crippen LogP contribution >= 0.6 is 0 Å². The quantitative estimate of drug-likeness (QED) is 0.435. The first-order chi connectivity index (χ1) is 9.97. The molecule has 0 radical (unpaired) electrons. The predicted octanol–water partition coefficient (Wildman–Crippen LogP) is 5.42. The van der Waals surface area contributed by atoms with Gasteiger partial charge in [0.2, 0.25) is 0 Å². The molecular formula is C19H24N2. The lowest BCUT2D eigenvalue weighted by molar-refractivity contribution is 1.29. The maximum Gasteiger partial charge on any atom is 0.133 e. The number of aliphatic imine (C=N–C) groups is 1. The Labute approximate surface area is 128 Å². The van der Waals surface area contributed by atoms with Gasteiger partial charge in [-0.05, 0) is 62.6 Å². The van der Waals surface area contributed by atoms with Crippen LogP contribution in [0.5, 0.6) is 0 Å². The Bertz CT molecular complexity index is 616. The molecule has 0 aliphatic rings. The lowest BCUT2D eigenvalue weighted by Gasteiger charge is -2.11. The Kier molecular flexibility index (Phi) is 6.41.